The second kappa shape index (κ2) is 5.03. The topological polar surface area (TPSA) is 87.7 Å². The van der Waals surface area contributed by atoms with Crippen molar-refractivity contribution in [2.75, 3.05) is 13.1 Å². The van der Waals surface area contributed by atoms with Crippen LogP contribution in [0.25, 0.3) is 0 Å². The first kappa shape index (κ1) is 13.3. The first-order valence-electron chi connectivity index (χ1n) is 5.30. The first-order chi connectivity index (χ1) is 7.83. The monoisotopic (exact) mass is 243 g/mol. The maximum absolute atomic E-state index is 11.5. The Morgan fingerprint density at radius 2 is 1.94 bits per heavy atom. The molecule has 3 amide bonds. The maximum Gasteiger partial charge on any atom is 0.410 e. The fourth-order valence-corrected chi connectivity index (χ4v) is 1.32. The summed E-state index contributed by atoms with van der Waals surface area (Å²) in [6.45, 7) is 5.96. The highest BCUT2D eigenvalue weighted by Crippen LogP contribution is 2.19. The Bertz CT molecular complexity index is 318. The highest BCUT2D eigenvalue weighted by molar-refractivity contribution is 5.83. The minimum absolute atomic E-state index is 0.296. The van der Waals surface area contributed by atoms with E-state index in [0.29, 0.717) is 19.5 Å². The number of carbonyl (C=O) groups is 3. The van der Waals surface area contributed by atoms with Gasteiger partial charge in [-0.2, -0.15) is 0 Å². The van der Waals surface area contributed by atoms with Crippen LogP contribution in [-0.4, -0.2) is 42.0 Å². The lowest BCUT2D eigenvalue weighted by atomic mass is 10.0. The highest BCUT2D eigenvalue weighted by atomic mass is 16.6. The molecule has 0 unspecified atom stereocenters. The zero-order chi connectivity index (χ0) is 13.1. The summed E-state index contributed by atoms with van der Waals surface area (Å²) >= 11 is 0. The maximum atomic E-state index is 11.5. The van der Waals surface area contributed by atoms with Crippen LogP contribution in [0.5, 0.6) is 0 Å². The van der Waals surface area contributed by atoms with Crippen LogP contribution in [0.3, 0.4) is 0 Å². The lowest BCUT2D eigenvalue weighted by molar-refractivity contribution is -0.132. The number of amides is 3. The van der Waals surface area contributed by atoms with Crippen molar-refractivity contribution < 1.29 is 19.1 Å². The molecule has 0 atom stereocenters. The molecule has 1 fully saturated rings. The smallest absolute Gasteiger partial charge is 0.410 e. The Labute approximate surface area is 99.4 Å². The van der Waals surface area contributed by atoms with E-state index in [-0.39, 0.29) is 11.8 Å². The van der Waals surface area contributed by atoms with Gasteiger partial charge in [0, 0.05) is 13.1 Å². The standard InChI is InChI=1S/C10H17N3O4/c1-10(2,3)17-9(16)13-4-7(5-13)8(15)12-11-6-14/h6-7H,4-5H2,1-3H3,(H,11,14)(H,12,15). The van der Waals surface area contributed by atoms with E-state index in [9.17, 15) is 14.4 Å². The Balaban J connectivity index is 2.29. The van der Waals surface area contributed by atoms with Gasteiger partial charge >= 0.3 is 6.09 Å². The Kier molecular flexibility index (Phi) is 3.93. The van der Waals surface area contributed by atoms with E-state index in [4.69, 9.17) is 4.74 Å². The van der Waals surface area contributed by atoms with Gasteiger partial charge in [0.25, 0.3) is 0 Å². The lowest BCUT2D eigenvalue weighted by Crippen LogP contribution is -2.58. The predicted octanol–water partition coefficient (Wildman–Crippen LogP) is -0.369. The highest BCUT2D eigenvalue weighted by Gasteiger charge is 2.37. The molecule has 0 saturated carbocycles. The minimum Gasteiger partial charge on any atom is -0.444 e. The third kappa shape index (κ3) is 3.93. The predicted molar refractivity (Wildman–Crippen MR) is 58.6 cm³/mol. The molecule has 0 bridgehead atoms. The van der Waals surface area contributed by atoms with Gasteiger partial charge in [-0.15, -0.1) is 0 Å². The van der Waals surface area contributed by atoms with Gasteiger partial charge < -0.3 is 9.64 Å². The summed E-state index contributed by atoms with van der Waals surface area (Å²) in [6, 6.07) is 0. The number of hydrazine groups is 1. The molecular formula is C10H17N3O4. The molecule has 0 aliphatic carbocycles. The summed E-state index contributed by atoms with van der Waals surface area (Å²) in [5.41, 5.74) is 3.73. The molecule has 17 heavy (non-hydrogen) atoms. The van der Waals surface area contributed by atoms with Crippen molar-refractivity contribution in [2.24, 2.45) is 5.92 Å². The largest absolute Gasteiger partial charge is 0.444 e. The van der Waals surface area contributed by atoms with Crippen molar-refractivity contribution in [3.63, 3.8) is 0 Å². The molecule has 0 aromatic carbocycles. The normalized spacial score (nSPS) is 15.8. The van der Waals surface area contributed by atoms with E-state index in [1.165, 1.54) is 4.90 Å². The summed E-state index contributed by atoms with van der Waals surface area (Å²) in [4.78, 5) is 34.2. The molecule has 1 saturated heterocycles. The van der Waals surface area contributed by atoms with E-state index in [2.05, 4.69) is 10.9 Å². The second-order valence-electron chi connectivity index (χ2n) is 4.83. The van der Waals surface area contributed by atoms with Crippen LogP contribution in [0.1, 0.15) is 20.8 Å². The van der Waals surface area contributed by atoms with Crippen molar-refractivity contribution in [3.8, 4) is 0 Å². The third-order valence-electron chi connectivity index (χ3n) is 2.16. The van der Waals surface area contributed by atoms with Crippen molar-refractivity contribution in [1.29, 1.82) is 0 Å². The Morgan fingerprint density at radius 1 is 1.35 bits per heavy atom. The molecule has 0 radical (unpaired) electrons. The molecule has 7 nitrogen and oxygen atoms in total. The third-order valence-corrected chi connectivity index (χ3v) is 2.16. The van der Waals surface area contributed by atoms with Gasteiger partial charge in [0.15, 0.2) is 0 Å². The average molecular weight is 243 g/mol. The first-order valence-corrected chi connectivity index (χ1v) is 5.30. The fraction of sp³-hybridized carbons (Fsp3) is 0.700. The van der Waals surface area contributed by atoms with Crippen LogP contribution < -0.4 is 10.9 Å². The molecule has 1 rings (SSSR count). The van der Waals surface area contributed by atoms with E-state index in [1.807, 2.05) is 0 Å². The van der Waals surface area contributed by atoms with Gasteiger partial charge in [-0.1, -0.05) is 0 Å². The molecule has 0 aromatic rings. The van der Waals surface area contributed by atoms with Crippen LogP contribution in [0, 0.1) is 5.92 Å². The number of nitrogens with zero attached hydrogens (tertiary/aromatic N) is 1. The van der Waals surface area contributed by atoms with Gasteiger partial charge in [-0.25, -0.2) is 4.79 Å². The van der Waals surface area contributed by atoms with Crippen molar-refractivity contribution >= 4 is 18.4 Å². The van der Waals surface area contributed by atoms with E-state index < -0.39 is 11.7 Å². The van der Waals surface area contributed by atoms with E-state index >= 15 is 0 Å². The molecule has 1 heterocycles. The molecule has 1 aliphatic heterocycles. The molecule has 0 spiro atoms. The second-order valence-corrected chi connectivity index (χ2v) is 4.83. The van der Waals surface area contributed by atoms with E-state index in [1.54, 1.807) is 20.8 Å². The number of hydrogen-bond donors (Lipinski definition) is 2. The zero-order valence-corrected chi connectivity index (χ0v) is 10.1. The van der Waals surface area contributed by atoms with Gasteiger partial charge in [-0.3, -0.25) is 20.4 Å². The molecular weight excluding hydrogens is 226 g/mol. The Morgan fingerprint density at radius 3 is 2.41 bits per heavy atom. The Hall–Kier alpha value is -1.79. The van der Waals surface area contributed by atoms with Gasteiger partial charge in [0.05, 0.1) is 5.92 Å². The van der Waals surface area contributed by atoms with Crippen LogP contribution in [0.2, 0.25) is 0 Å². The number of nitrogens with one attached hydrogen (secondary N) is 2. The molecule has 2 N–H and O–H groups in total. The van der Waals surface area contributed by atoms with Crippen LogP contribution >= 0.6 is 0 Å². The number of likely N-dealkylation sites (tertiary alicyclic amines) is 1. The summed E-state index contributed by atoms with van der Waals surface area (Å²) in [5.74, 6) is -0.605. The quantitative estimate of drug-likeness (QED) is 0.523. The summed E-state index contributed by atoms with van der Waals surface area (Å²) < 4.78 is 5.13. The summed E-state index contributed by atoms with van der Waals surface area (Å²) in [5, 5.41) is 0. The number of hydrogen-bond acceptors (Lipinski definition) is 4. The minimum atomic E-state index is -0.538. The van der Waals surface area contributed by atoms with Crippen molar-refractivity contribution in [2.45, 2.75) is 26.4 Å². The molecule has 0 aromatic heterocycles. The van der Waals surface area contributed by atoms with Gasteiger partial charge in [0.1, 0.15) is 5.60 Å². The molecule has 96 valence electrons. The van der Waals surface area contributed by atoms with Gasteiger partial charge in [0.2, 0.25) is 12.3 Å². The summed E-state index contributed by atoms with van der Waals surface area (Å²) in [7, 11) is 0. The lowest BCUT2D eigenvalue weighted by Gasteiger charge is -2.38. The molecule has 7 heteroatoms. The average Bonchev–Trinajstić information content (AvgIpc) is 2.09. The number of rotatable bonds is 3. The molecule has 1 aliphatic rings. The van der Waals surface area contributed by atoms with Crippen LogP contribution in [0.4, 0.5) is 4.79 Å². The van der Waals surface area contributed by atoms with Crippen LogP contribution in [0.15, 0.2) is 0 Å². The number of ether oxygens (including phenoxy) is 1. The van der Waals surface area contributed by atoms with Gasteiger partial charge in [-0.05, 0) is 20.8 Å². The van der Waals surface area contributed by atoms with Crippen molar-refractivity contribution in [1.82, 2.24) is 15.8 Å². The van der Waals surface area contributed by atoms with Crippen LogP contribution in [-0.2, 0) is 14.3 Å². The number of carbonyl (C=O) groups excluding carboxylic acids is 3. The SMILES string of the molecule is CC(C)(C)OC(=O)N1CC(C(=O)NNC=O)C1. The fourth-order valence-electron chi connectivity index (χ4n) is 1.32. The zero-order valence-electron chi connectivity index (χ0n) is 10.1. The van der Waals surface area contributed by atoms with Crippen molar-refractivity contribution in [3.05, 3.63) is 0 Å². The van der Waals surface area contributed by atoms with E-state index in [0.717, 1.165) is 0 Å². The summed E-state index contributed by atoms with van der Waals surface area (Å²) in [6.07, 6.45) is -0.0488.